The number of ketones is 1. The number of fused-ring (bicyclic) bond motifs is 1. The van der Waals surface area contributed by atoms with Gasteiger partial charge in [0, 0.05) is 18.3 Å². The monoisotopic (exact) mass is 338 g/mol. The first-order valence-corrected chi connectivity index (χ1v) is 9.29. The largest absolute Gasteiger partial charge is 0.481 e. The minimum atomic E-state index is -0.817. The summed E-state index contributed by atoms with van der Waals surface area (Å²) < 4.78 is 0. The van der Waals surface area contributed by atoms with E-state index in [9.17, 15) is 24.9 Å². The first kappa shape index (κ1) is 17.9. The van der Waals surface area contributed by atoms with Crippen molar-refractivity contribution in [2.24, 2.45) is 28.6 Å². The second kappa shape index (κ2) is 6.10. The molecule has 5 heteroatoms. The number of hydrogen-bond acceptors (Lipinski definition) is 4. The van der Waals surface area contributed by atoms with Gasteiger partial charge in [-0.05, 0) is 61.7 Å². The number of hydrogen-bond donors (Lipinski definition) is 3. The molecule has 0 unspecified atom stereocenters. The molecular weight excluding hydrogens is 308 g/mol. The second-order valence-electron chi connectivity index (χ2n) is 8.85. The maximum atomic E-state index is 12.7. The molecule has 0 aliphatic heterocycles. The fourth-order valence-electron chi connectivity index (χ4n) is 6.08. The quantitative estimate of drug-likeness (QED) is 0.734. The van der Waals surface area contributed by atoms with Crippen LogP contribution in [-0.4, -0.2) is 39.3 Å². The van der Waals surface area contributed by atoms with Crippen molar-refractivity contribution >= 4 is 11.8 Å². The van der Waals surface area contributed by atoms with Crippen LogP contribution >= 0.6 is 0 Å². The maximum absolute atomic E-state index is 12.7. The third kappa shape index (κ3) is 2.70. The molecule has 24 heavy (non-hydrogen) atoms. The number of aliphatic hydroxyl groups is 2. The van der Waals surface area contributed by atoms with E-state index in [0.717, 1.165) is 25.7 Å². The summed E-state index contributed by atoms with van der Waals surface area (Å²) in [4.78, 5) is 24.3. The van der Waals surface area contributed by atoms with Crippen LogP contribution in [0.3, 0.4) is 0 Å². The highest BCUT2D eigenvalue weighted by Crippen LogP contribution is 2.61. The zero-order valence-corrected chi connectivity index (χ0v) is 14.7. The van der Waals surface area contributed by atoms with Crippen LogP contribution in [-0.2, 0) is 9.59 Å². The standard InChI is InChI=1S/C19H30O5/c1-18-8-6-14(19(2)7-5-11(20)9-16(19)22)12(10-17(23)24)13(18)3-4-15(18)21/h11-15,20-21H,3-10H2,1-2H3,(H,23,24)/t11-,12-,13-,14-,15-,18+,19-/m1/s1. The number of carboxylic acids is 1. The van der Waals surface area contributed by atoms with Gasteiger partial charge in [-0.15, -0.1) is 0 Å². The first-order valence-electron chi connectivity index (χ1n) is 9.29. The fourth-order valence-corrected chi connectivity index (χ4v) is 6.08. The SMILES string of the molecule is C[C@]12CC[C@@H]([C@@]3(C)CC[C@@H](O)CC3=O)[C@H](CC(=O)O)[C@H]1CC[C@H]2O. The third-order valence-electron chi connectivity index (χ3n) is 7.67. The van der Waals surface area contributed by atoms with E-state index in [1.165, 1.54) is 0 Å². The third-order valence-corrected chi connectivity index (χ3v) is 7.67. The number of carbonyl (C=O) groups excluding carboxylic acids is 1. The fraction of sp³-hybridized carbons (Fsp3) is 0.895. The molecular formula is C19H30O5. The number of aliphatic carboxylic acids is 1. The minimum Gasteiger partial charge on any atom is -0.481 e. The van der Waals surface area contributed by atoms with Crippen LogP contribution in [0.25, 0.3) is 0 Å². The van der Waals surface area contributed by atoms with Crippen molar-refractivity contribution < 1.29 is 24.9 Å². The lowest BCUT2D eigenvalue weighted by Crippen LogP contribution is -2.52. The Morgan fingerprint density at radius 3 is 2.42 bits per heavy atom. The highest BCUT2D eigenvalue weighted by Gasteiger charge is 2.58. The van der Waals surface area contributed by atoms with Crippen LogP contribution in [0, 0.1) is 28.6 Å². The molecule has 3 fully saturated rings. The molecule has 0 amide bonds. The Kier molecular flexibility index (Phi) is 4.54. The van der Waals surface area contributed by atoms with Crippen LogP contribution in [0.1, 0.15) is 65.2 Å². The number of carbonyl (C=O) groups is 2. The Balaban J connectivity index is 1.92. The van der Waals surface area contributed by atoms with E-state index in [1.54, 1.807) is 0 Å². The average Bonchev–Trinajstić information content (AvgIpc) is 2.79. The average molecular weight is 338 g/mol. The number of aliphatic hydroxyl groups excluding tert-OH is 2. The molecule has 0 saturated heterocycles. The number of carboxylic acid groups (broad SMARTS) is 1. The van der Waals surface area contributed by atoms with Crippen LogP contribution in [0.4, 0.5) is 0 Å². The number of Topliss-reactive ketones (excluding diaryl/α,β-unsaturated/α-hetero) is 1. The zero-order valence-electron chi connectivity index (χ0n) is 14.7. The summed E-state index contributed by atoms with van der Waals surface area (Å²) in [5.74, 6) is -0.593. The van der Waals surface area contributed by atoms with Crippen molar-refractivity contribution in [3.8, 4) is 0 Å². The summed E-state index contributed by atoms with van der Waals surface area (Å²) in [5, 5.41) is 29.7. The van der Waals surface area contributed by atoms with Gasteiger partial charge in [0.1, 0.15) is 5.78 Å². The Morgan fingerprint density at radius 2 is 1.79 bits per heavy atom. The highest BCUT2D eigenvalue weighted by molar-refractivity contribution is 5.86. The van der Waals surface area contributed by atoms with Crippen molar-refractivity contribution in [1.29, 1.82) is 0 Å². The molecule has 3 rings (SSSR count). The lowest BCUT2D eigenvalue weighted by Gasteiger charge is -2.53. The Morgan fingerprint density at radius 1 is 1.08 bits per heavy atom. The molecule has 0 radical (unpaired) electrons. The summed E-state index contributed by atoms with van der Waals surface area (Å²) in [6.07, 6.45) is 3.82. The van der Waals surface area contributed by atoms with Gasteiger partial charge >= 0.3 is 5.97 Å². The predicted molar refractivity (Wildman–Crippen MR) is 88.3 cm³/mol. The zero-order chi connectivity index (χ0) is 17.7. The molecule has 0 aromatic rings. The van der Waals surface area contributed by atoms with Gasteiger partial charge in [0.2, 0.25) is 0 Å². The van der Waals surface area contributed by atoms with Gasteiger partial charge in [-0.3, -0.25) is 9.59 Å². The van der Waals surface area contributed by atoms with E-state index in [0.29, 0.717) is 12.8 Å². The van der Waals surface area contributed by atoms with Gasteiger partial charge in [-0.25, -0.2) is 0 Å². The van der Waals surface area contributed by atoms with E-state index >= 15 is 0 Å². The van der Waals surface area contributed by atoms with Gasteiger partial charge < -0.3 is 15.3 Å². The van der Waals surface area contributed by atoms with E-state index in [1.807, 2.05) is 6.92 Å². The van der Waals surface area contributed by atoms with E-state index in [-0.39, 0.29) is 47.9 Å². The molecule has 0 aromatic carbocycles. The van der Waals surface area contributed by atoms with Gasteiger partial charge in [0.05, 0.1) is 12.2 Å². The van der Waals surface area contributed by atoms with Gasteiger partial charge in [0.25, 0.3) is 0 Å². The van der Waals surface area contributed by atoms with E-state index < -0.39 is 17.5 Å². The normalized spacial score (nSPS) is 49.0. The molecule has 136 valence electrons. The van der Waals surface area contributed by atoms with Crippen molar-refractivity contribution in [2.75, 3.05) is 0 Å². The van der Waals surface area contributed by atoms with Crippen molar-refractivity contribution in [1.82, 2.24) is 0 Å². The van der Waals surface area contributed by atoms with Gasteiger partial charge in [0.15, 0.2) is 0 Å². The van der Waals surface area contributed by atoms with Crippen LogP contribution in [0.5, 0.6) is 0 Å². The summed E-state index contributed by atoms with van der Waals surface area (Å²) in [5.41, 5.74) is -0.752. The van der Waals surface area contributed by atoms with Crippen LogP contribution in [0.2, 0.25) is 0 Å². The van der Waals surface area contributed by atoms with E-state index in [2.05, 4.69) is 6.92 Å². The summed E-state index contributed by atoms with van der Waals surface area (Å²) in [7, 11) is 0. The summed E-state index contributed by atoms with van der Waals surface area (Å²) >= 11 is 0. The highest BCUT2D eigenvalue weighted by atomic mass is 16.4. The molecule has 0 spiro atoms. The van der Waals surface area contributed by atoms with Gasteiger partial charge in [-0.1, -0.05) is 13.8 Å². The summed E-state index contributed by atoms with van der Waals surface area (Å²) in [6, 6.07) is 0. The molecule has 3 aliphatic carbocycles. The Bertz CT molecular complexity index is 532. The number of rotatable bonds is 3. The molecule has 3 saturated carbocycles. The van der Waals surface area contributed by atoms with Crippen LogP contribution < -0.4 is 0 Å². The first-order chi connectivity index (χ1) is 11.2. The predicted octanol–water partition coefficient (Wildman–Crippen LogP) is 2.38. The smallest absolute Gasteiger partial charge is 0.303 e. The maximum Gasteiger partial charge on any atom is 0.303 e. The molecule has 5 nitrogen and oxygen atoms in total. The van der Waals surface area contributed by atoms with Crippen molar-refractivity contribution in [3.05, 3.63) is 0 Å². The lowest BCUT2D eigenvalue weighted by atomic mass is 9.51. The lowest BCUT2D eigenvalue weighted by molar-refractivity contribution is -0.152. The van der Waals surface area contributed by atoms with Crippen LogP contribution in [0.15, 0.2) is 0 Å². The molecule has 3 N–H and O–H groups in total. The minimum absolute atomic E-state index is 0.0389. The van der Waals surface area contributed by atoms with Crippen molar-refractivity contribution in [2.45, 2.75) is 77.4 Å². The molecule has 0 heterocycles. The summed E-state index contributed by atoms with van der Waals surface area (Å²) in [6.45, 7) is 4.07. The van der Waals surface area contributed by atoms with Crippen molar-refractivity contribution in [3.63, 3.8) is 0 Å². The second-order valence-corrected chi connectivity index (χ2v) is 8.85. The topological polar surface area (TPSA) is 94.8 Å². The Hall–Kier alpha value is -0.940. The van der Waals surface area contributed by atoms with E-state index in [4.69, 9.17) is 0 Å². The molecule has 3 aliphatic rings. The molecule has 0 bridgehead atoms. The van der Waals surface area contributed by atoms with Gasteiger partial charge in [-0.2, -0.15) is 0 Å². The molecule has 0 aromatic heterocycles. The molecule has 7 atom stereocenters. The Labute approximate surface area is 143 Å².